The first-order valence-corrected chi connectivity index (χ1v) is 4.27. The fourth-order valence-electron chi connectivity index (χ4n) is 0.657. The average molecular weight is 184 g/mol. The lowest BCUT2D eigenvalue weighted by molar-refractivity contribution is -0.303. The lowest BCUT2D eigenvalue weighted by atomic mass is 10.3. The molecule has 1 aromatic carbocycles. The molecule has 3 nitrogen and oxygen atoms in total. The molecule has 0 spiro atoms. The number of rotatable bonds is 4. The van der Waals surface area contributed by atoms with E-state index in [1.54, 1.807) is 0 Å². The first-order valence-electron chi connectivity index (χ1n) is 4.27. The summed E-state index contributed by atoms with van der Waals surface area (Å²) < 4.78 is 5.10. The van der Waals surface area contributed by atoms with E-state index >= 15 is 0 Å². The summed E-state index contributed by atoms with van der Waals surface area (Å²) >= 11 is 0. The molecule has 0 aliphatic carbocycles. The van der Waals surface area contributed by atoms with Crippen LogP contribution in [0, 0.1) is 0 Å². The van der Waals surface area contributed by atoms with Gasteiger partial charge in [0.1, 0.15) is 5.75 Å². The Labute approximate surface area is 79.2 Å². The standard InChI is InChI=1S/C8H10O3.C2H6/c1-9-11-7-10-8-5-3-2-4-6-8;1-2/h2-6H,7H2,1H3;1-2H3. The molecule has 0 saturated heterocycles. The van der Waals surface area contributed by atoms with Crippen molar-refractivity contribution in [1.29, 1.82) is 0 Å². The summed E-state index contributed by atoms with van der Waals surface area (Å²) in [6.07, 6.45) is 0. The lowest BCUT2D eigenvalue weighted by Crippen LogP contribution is -2.00. The molecule has 0 aliphatic rings. The van der Waals surface area contributed by atoms with Gasteiger partial charge in [-0.2, -0.15) is 4.89 Å². The van der Waals surface area contributed by atoms with Crippen LogP contribution < -0.4 is 4.74 Å². The number of para-hydroxylation sites is 1. The van der Waals surface area contributed by atoms with E-state index in [-0.39, 0.29) is 6.79 Å². The maximum Gasteiger partial charge on any atom is 0.221 e. The van der Waals surface area contributed by atoms with Crippen LogP contribution in [0.4, 0.5) is 0 Å². The highest BCUT2D eigenvalue weighted by atomic mass is 17.2. The van der Waals surface area contributed by atoms with Gasteiger partial charge in [0, 0.05) is 0 Å². The molecule has 0 atom stereocenters. The molecule has 0 bridgehead atoms. The SMILES string of the molecule is CC.COOCOc1ccccc1. The van der Waals surface area contributed by atoms with E-state index in [9.17, 15) is 0 Å². The average Bonchev–Trinajstić information content (AvgIpc) is 2.23. The maximum absolute atomic E-state index is 5.10. The molecular weight excluding hydrogens is 168 g/mol. The van der Waals surface area contributed by atoms with E-state index in [1.165, 1.54) is 7.11 Å². The third kappa shape index (κ3) is 6.13. The minimum Gasteiger partial charge on any atom is -0.465 e. The van der Waals surface area contributed by atoms with Crippen molar-refractivity contribution in [1.82, 2.24) is 0 Å². The summed E-state index contributed by atoms with van der Waals surface area (Å²) in [6, 6.07) is 9.40. The second kappa shape index (κ2) is 9.03. The minimum absolute atomic E-state index is 0.112. The van der Waals surface area contributed by atoms with Crippen LogP contribution in [-0.4, -0.2) is 13.9 Å². The summed E-state index contributed by atoms with van der Waals surface area (Å²) in [5.41, 5.74) is 0. The zero-order valence-electron chi connectivity index (χ0n) is 8.32. The fraction of sp³-hybridized carbons (Fsp3) is 0.400. The van der Waals surface area contributed by atoms with Crippen molar-refractivity contribution in [2.75, 3.05) is 13.9 Å². The quantitative estimate of drug-likeness (QED) is 0.311. The van der Waals surface area contributed by atoms with E-state index in [0.29, 0.717) is 0 Å². The van der Waals surface area contributed by atoms with Crippen LogP contribution in [0.2, 0.25) is 0 Å². The Morgan fingerprint density at radius 1 is 1.08 bits per heavy atom. The molecule has 0 fully saturated rings. The van der Waals surface area contributed by atoms with Crippen LogP contribution in [-0.2, 0) is 9.78 Å². The van der Waals surface area contributed by atoms with Gasteiger partial charge in [-0.05, 0) is 12.1 Å². The van der Waals surface area contributed by atoms with Crippen molar-refractivity contribution in [2.24, 2.45) is 0 Å². The number of hydrogen-bond donors (Lipinski definition) is 0. The van der Waals surface area contributed by atoms with Crippen molar-refractivity contribution in [3.63, 3.8) is 0 Å². The molecule has 0 saturated carbocycles. The van der Waals surface area contributed by atoms with Gasteiger partial charge in [0.05, 0.1) is 7.11 Å². The van der Waals surface area contributed by atoms with Crippen LogP contribution in [0.1, 0.15) is 13.8 Å². The normalized spacial score (nSPS) is 8.54. The lowest BCUT2D eigenvalue weighted by Gasteiger charge is -2.02. The first-order chi connectivity index (χ1) is 6.43. The van der Waals surface area contributed by atoms with Gasteiger partial charge in [-0.1, -0.05) is 32.0 Å². The fourth-order valence-corrected chi connectivity index (χ4v) is 0.657. The molecule has 13 heavy (non-hydrogen) atoms. The predicted molar refractivity (Wildman–Crippen MR) is 51.4 cm³/mol. The summed E-state index contributed by atoms with van der Waals surface area (Å²) in [5.74, 6) is 0.768. The van der Waals surface area contributed by atoms with Gasteiger partial charge in [0.25, 0.3) is 0 Å². The highest BCUT2D eigenvalue weighted by Gasteiger charge is 1.88. The van der Waals surface area contributed by atoms with Crippen molar-refractivity contribution in [3.8, 4) is 5.75 Å². The second-order valence-corrected chi connectivity index (χ2v) is 1.86. The Bertz CT molecular complexity index is 187. The number of benzene rings is 1. The van der Waals surface area contributed by atoms with E-state index in [1.807, 2.05) is 44.2 Å². The van der Waals surface area contributed by atoms with Crippen molar-refractivity contribution < 1.29 is 14.5 Å². The zero-order chi connectivity index (χ0) is 9.94. The van der Waals surface area contributed by atoms with Crippen LogP contribution in [0.5, 0.6) is 5.75 Å². The van der Waals surface area contributed by atoms with Crippen LogP contribution in [0.15, 0.2) is 30.3 Å². The summed E-state index contributed by atoms with van der Waals surface area (Å²) in [6.45, 7) is 4.11. The zero-order valence-corrected chi connectivity index (χ0v) is 8.32. The first kappa shape index (κ1) is 11.9. The number of ether oxygens (including phenoxy) is 1. The smallest absolute Gasteiger partial charge is 0.221 e. The number of hydrogen-bond acceptors (Lipinski definition) is 3. The molecule has 74 valence electrons. The molecule has 1 aromatic rings. The molecule has 0 unspecified atom stereocenters. The van der Waals surface area contributed by atoms with Gasteiger partial charge in [-0.25, -0.2) is 4.89 Å². The van der Waals surface area contributed by atoms with Crippen LogP contribution in [0.3, 0.4) is 0 Å². The maximum atomic E-state index is 5.10. The molecular formula is C10H16O3. The molecule has 0 heterocycles. The van der Waals surface area contributed by atoms with Crippen LogP contribution in [0.25, 0.3) is 0 Å². The van der Waals surface area contributed by atoms with Crippen molar-refractivity contribution in [2.45, 2.75) is 13.8 Å². The Morgan fingerprint density at radius 2 is 1.69 bits per heavy atom. The predicted octanol–water partition coefficient (Wildman–Crippen LogP) is 2.63. The molecule has 0 aromatic heterocycles. The molecule has 0 amide bonds. The summed E-state index contributed by atoms with van der Waals surface area (Å²) in [5, 5.41) is 0. The summed E-state index contributed by atoms with van der Waals surface area (Å²) in [4.78, 5) is 8.85. The largest absolute Gasteiger partial charge is 0.465 e. The van der Waals surface area contributed by atoms with Crippen molar-refractivity contribution >= 4 is 0 Å². The molecule has 0 radical (unpaired) electrons. The van der Waals surface area contributed by atoms with Gasteiger partial charge in [0.2, 0.25) is 6.79 Å². The van der Waals surface area contributed by atoms with E-state index < -0.39 is 0 Å². The van der Waals surface area contributed by atoms with Crippen LogP contribution >= 0.6 is 0 Å². The Hall–Kier alpha value is -1.06. The second-order valence-electron chi connectivity index (χ2n) is 1.86. The van der Waals surface area contributed by atoms with Gasteiger partial charge >= 0.3 is 0 Å². The highest BCUT2D eigenvalue weighted by Crippen LogP contribution is 2.07. The topological polar surface area (TPSA) is 27.7 Å². The summed E-state index contributed by atoms with van der Waals surface area (Å²) in [7, 11) is 1.44. The van der Waals surface area contributed by atoms with E-state index in [4.69, 9.17) is 4.74 Å². The van der Waals surface area contributed by atoms with Gasteiger partial charge in [-0.15, -0.1) is 0 Å². The molecule has 0 aliphatic heterocycles. The van der Waals surface area contributed by atoms with E-state index in [0.717, 1.165) is 5.75 Å². The third-order valence-corrected chi connectivity index (χ3v) is 1.13. The Kier molecular flexibility index (Phi) is 8.30. The minimum atomic E-state index is 0.112. The monoisotopic (exact) mass is 184 g/mol. The van der Waals surface area contributed by atoms with Gasteiger partial charge < -0.3 is 4.74 Å². The Morgan fingerprint density at radius 3 is 2.23 bits per heavy atom. The molecule has 3 heteroatoms. The van der Waals surface area contributed by atoms with Gasteiger partial charge in [-0.3, -0.25) is 0 Å². The van der Waals surface area contributed by atoms with Crippen molar-refractivity contribution in [3.05, 3.63) is 30.3 Å². The third-order valence-electron chi connectivity index (χ3n) is 1.13. The molecule has 1 rings (SSSR count). The molecule has 0 N–H and O–H groups in total. The van der Waals surface area contributed by atoms with Gasteiger partial charge in [0.15, 0.2) is 0 Å². The van der Waals surface area contributed by atoms with E-state index in [2.05, 4.69) is 9.78 Å². The highest BCUT2D eigenvalue weighted by molar-refractivity contribution is 5.20. The Balaban J connectivity index is 0.000000671.